The Labute approximate surface area is 128 Å². The molecule has 108 valence electrons. The highest BCUT2D eigenvalue weighted by atomic mass is 35.5. The van der Waals surface area contributed by atoms with Gasteiger partial charge in [0.25, 0.3) is 0 Å². The van der Waals surface area contributed by atoms with Crippen LogP contribution in [0.2, 0.25) is 5.02 Å². The first kappa shape index (κ1) is 15.2. The number of hydrogen-bond acceptors (Lipinski definition) is 4. The van der Waals surface area contributed by atoms with Crippen molar-refractivity contribution in [3.63, 3.8) is 0 Å². The van der Waals surface area contributed by atoms with Gasteiger partial charge in [-0.05, 0) is 30.3 Å². The van der Waals surface area contributed by atoms with Crippen molar-refractivity contribution < 1.29 is 9.47 Å². The van der Waals surface area contributed by atoms with Gasteiger partial charge in [-0.25, -0.2) is 0 Å². The van der Waals surface area contributed by atoms with Gasteiger partial charge >= 0.3 is 0 Å². The van der Waals surface area contributed by atoms with Gasteiger partial charge in [0.2, 0.25) is 0 Å². The molecule has 5 heteroatoms. The number of thiophene rings is 1. The second-order valence-corrected chi connectivity index (χ2v) is 5.62. The lowest BCUT2D eigenvalue weighted by Gasteiger charge is -2.18. The van der Waals surface area contributed by atoms with E-state index in [4.69, 9.17) is 21.1 Å². The summed E-state index contributed by atoms with van der Waals surface area (Å²) in [7, 11) is 3.31. The third-order valence-electron chi connectivity index (χ3n) is 3.04. The third kappa shape index (κ3) is 3.26. The van der Waals surface area contributed by atoms with Gasteiger partial charge < -0.3 is 14.8 Å². The minimum atomic E-state index is 0.0623. The molecule has 1 aromatic heterocycles. The minimum absolute atomic E-state index is 0.0623. The summed E-state index contributed by atoms with van der Waals surface area (Å²) in [5, 5.41) is 6.15. The van der Waals surface area contributed by atoms with Gasteiger partial charge in [0.15, 0.2) is 0 Å². The Morgan fingerprint density at radius 1 is 1.20 bits per heavy atom. The Morgan fingerprint density at radius 2 is 1.95 bits per heavy atom. The summed E-state index contributed by atoms with van der Waals surface area (Å²) in [4.78, 5) is 1.18. The van der Waals surface area contributed by atoms with E-state index in [9.17, 15) is 0 Å². The minimum Gasteiger partial charge on any atom is -0.497 e. The van der Waals surface area contributed by atoms with E-state index in [1.54, 1.807) is 25.6 Å². The third-order valence-corrected chi connectivity index (χ3v) is 4.35. The van der Waals surface area contributed by atoms with Crippen LogP contribution in [0.1, 0.15) is 23.4 Å². The van der Waals surface area contributed by atoms with E-state index < -0.39 is 0 Å². The molecule has 1 N–H and O–H groups in total. The van der Waals surface area contributed by atoms with Crippen molar-refractivity contribution in [2.45, 2.75) is 13.0 Å². The number of nitrogens with one attached hydrogen (secondary N) is 1. The van der Waals surface area contributed by atoms with Crippen LogP contribution in [0, 0.1) is 0 Å². The van der Waals surface area contributed by atoms with Gasteiger partial charge in [-0.3, -0.25) is 0 Å². The summed E-state index contributed by atoms with van der Waals surface area (Å²) in [5.74, 6) is 1.63. The van der Waals surface area contributed by atoms with Gasteiger partial charge in [-0.15, -0.1) is 11.3 Å². The predicted octanol–water partition coefficient (Wildman–Crippen LogP) is 4.12. The lowest BCUT2D eigenvalue weighted by atomic mass is 10.0. The van der Waals surface area contributed by atoms with E-state index >= 15 is 0 Å². The monoisotopic (exact) mass is 311 g/mol. The van der Waals surface area contributed by atoms with Crippen molar-refractivity contribution in [1.29, 1.82) is 0 Å². The number of methoxy groups -OCH3 is 2. The SMILES string of the molecule is CCNC(c1cc(OC)cs1)c1ccc(OC)cc1Cl. The molecule has 1 unspecified atom stereocenters. The van der Waals surface area contributed by atoms with Crippen LogP contribution in [0.25, 0.3) is 0 Å². The van der Waals surface area contributed by atoms with E-state index in [1.807, 2.05) is 29.6 Å². The Bertz CT molecular complexity index is 571. The Morgan fingerprint density at radius 3 is 2.50 bits per heavy atom. The van der Waals surface area contributed by atoms with Gasteiger partial charge in [0, 0.05) is 15.3 Å². The molecular formula is C15H18ClNO2S. The summed E-state index contributed by atoms with van der Waals surface area (Å²) in [5.41, 5.74) is 1.04. The van der Waals surface area contributed by atoms with Crippen LogP contribution in [0.3, 0.4) is 0 Å². The molecule has 0 amide bonds. The van der Waals surface area contributed by atoms with E-state index in [2.05, 4.69) is 12.2 Å². The summed E-state index contributed by atoms with van der Waals surface area (Å²) in [6.45, 7) is 2.93. The molecule has 1 atom stereocenters. The van der Waals surface area contributed by atoms with Crippen LogP contribution < -0.4 is 14.8 Å². The first-order chi connectivity index (χ1) is 9.69. The molecule has 0 spiro atoms. The largest absolute Gasteiger partial charge is 0.497 e. The summed E-state index contributed by atoms with van der Waals surface area (Å²) < 4.78 is 10.5. The number of benzene rings is 1. The first-order valence-electron chi connectivity index (χ1n) is 6.38. The number of hydrogen-bond donors (Lipinski definition) is 1. The Kier molecular flexibility index (Phi) is 5.29. The maximum absolute atomic E-state index is 6.38. The number of rotatable bonds is 6. The summed E-state index contributed by atoms with van der Waals surface area (Å²) in [6, 6.07) is 7.87. The van der Waals surface area contributed by atoms with Crippen molar-refractivity contribution >= 4 is 22.9 Å². The molecule has 0 radical (unpaired) electrons. The molecule has 0 fully saturated rings. The van der Waals surface area contributed by atoms with Gasteiger partial charge in [-0.1, -0.05) is 24.6 Å². The molecule has 0 saturated carbocycles. The van der Waals surface area contributed by atoms with Gasteiger partial charge in [0.05, 0.1) is 20.3 Å². The van der Waals surface area contributed by atoms with Gasteiger partial charge in [-0.2, -0.15) is 0 Å². The molecule has 0 aliphatic carbocycles. The maximum Gasteiger partial charge on any atom is 0.129 e. The van der Waals surface area contributed by atoms with Crippen LogP contribution in [-0.2, 0) is 0 Å². The topological polar surface area (TPSA) is 30.5 Å². The highest BCUT2D eigenvalue weighted by Crippen LogP contribution is 2.35. The molecule has 2 rings (SSSR count). The summed E-state index contributed by atoms with van der Waals surface area (Å²) >= 11 is 8.04. The number of halogens is 1. The Balaban J connectivity index is 2.37. The first-order valence-corrected chi connectivity index (χ1v) is 7.64. The average Bonchev–Trinajstić information content (AvgIpc) is 2.94. The number of ether oxygens (including phenoxy) is 2. The second kappa shape index (κ2) is 6.97. The molecular weight excluding hydrogens is 294 g/mol. The molecule has 0 aliphatic heterocycles. The fourth-order valence-electron chi connectivity index (χ4n) is 2.03. The highest BCUT2D eigenvalue weighted by molar-refractivity contribution is 7.10. The molecule has 1 heterocycles. The smallest absolute Gasteiger partial charge is 0.129 e. The fraction of sp³-hybridized carbons (Fsp3) is 0.333. The van der Waals surface area contributed by atoms with Crippen molar-refractivity contribution in [2.24, 2.45) is 0 Å². The Hall–Kier alpha value is -1.23. The van der Waals surface area contributed by atoms with Crippen molar-refractivity contribution in [3.8, 4) is 11.5 Å². The van der Waals surface area contributed by atoms with Crippen molar-refractivity contribution in [1.82, 2.24) is 5.32 Å². The van der Waals surface area contributed by atoms with Crippen molar-refractivity contribution in [2.75, 3.05) is 20.8 Å². The highest BCUT2D eigenvalue weighted by Gasteiger charge is 2.18. The zero-order chi connectivity index (χ0) is 14.5. The van der Waals surface area contributed by atoms with E-state index in [-0.39, 0.29) is 6.04 Å². The molecule has 0 saturated heterocycles. The van der Waals surface area contributed by atoms with Crippen molar-refractivity contribution in [3.05, 3.63) is 45.1 Å². The van der Waals surface area contributed by atoms with E-state index in [0.717, 1.165) is 23.6 Å². The van der Waals surface area contributed by atoms with Gasteiger partial charge in [0.1, 0.15) is 11.5 Å². The summed E-state index contributed by atoms with van der Waals surface area (Å²) in [6.07, 6.45) is 0. The molecule has 1 aromatic carbocycles. The van der Waals surface area contributed by atoms with Crippen LogP contribution in [0.4, 0.5) is 0 Å². The van der Waals surface area contributed by atoms with Crippen LogP contribution in [0.5, 0.6) is 11.5 Å². The standard InChI is InChI=1S/C15H18ClNO2S/c1-4-17-15(14-8-11(19-3)9-20-14)12-6-5-10(18-2)7-13(12)16/h5-9,15,17H,4H2,1-3H3. The second-order valence-electron chi connectivity index (χ2n) is 4.27. The lowest BCUT2D eigenvalue weighted by Crippen LogP contribution is -2.21. The maximum atomic E-state index is 6.38. The van der Waals surface area contributed by atoms with Crippen LogP contribution >= 0.6 is 22.9 Å². The van der Waals surface area contributed by atoms with Crippen LogP contribution in [0.15, 0.2) is 29.6 Å². The molecule has 2 aromatic rings. The van der Waals surface area contributed by atoms with E-state index in [0.29, 0.717) is 5.02 Å². The molecule has 20 heavy (non-hydrogen) atoms. The zero-order valence-electron chi connectivity index (χ0n) is 11.8. The molecule has 3 nitrogen and oxygen atoms in total. The quantitative estimate of drug-likeness (QED) is 0.870. The zero-order valence-corrected chi connectivity index (χ0v) is 13.3. The average molecular weight is 312 g/mol. The van der Waals surface area contributed by atoms with Crippen LogP contribution in [-0.4, -0.2) is 20.8 Å². The predicted molar refractivity (Wildman–Crippen MR) is 84.4 cm³/mol. The molecule has 0 bridgehead atoms. The lowest BCUT2D eigenvalue weighted by molar-refractivity contribution is 0.414. The fourth-order valence-corrected chi connectivity index (χ4v) is 3.26. The molecule has 0 aliphatic rings. The normalized spacial score (nSPS) is 12.2. The van der Waals surface area contributed by atoms with E-state index in [1.165, 1.54) is 4.88 Å².